The standard InChI is InChI=1S/C25H21N5O3S/c1-16-4-10-20(28-24(32)18-8-5-17(6-9-18)7-11-23(31)30-33)13-21(16)29-25-27-15-22(34-25)19-3-2-12-26-14-19/h2-15,33H,1H3,(H,27,29)(H,28,32)(H,30,31)/b11-7+. The zero-order valence-corrected chi connectivity index (χ0v) is 19.0. The van der Waals surface area contributed by atoms with Crippen LogP contribution in [-0.2, 0) is 4.79 Å². The van der Waals surface area contributed by atoms with E-state index in [2.05, 4.69) is 20.6 Å². The summed E-state index contributed by atoms with van der Waals surface area (Å²) >= 11 is 1.52. The number of nitrogens with one attached hydrogen (secondary N) is 3. The van der Waals surface area contributed by atoms with Crippen molar-refractivity contribution in [1.82, 2.24) is 15.4 Å². The van der Waals surface area contributed by atoms with Crippen LogP contribution in [-0.4, -0.2) is 27.0 Å². The molecule has 2 heterocycles. The van der Waals surface area contributed by atoms with Crippen LogP contribution >= 0.6 is 11.3 Å². The minimum Gasteiger partial charge on any atom is -0.331 e. The van der Waals surface area contributed by atoms with Gasteiger partial charge in [-0.1, -0.05) is 35.6 Å². The van der Waals surface area contributed by atoms with E-state index in [0.29, 0.717) is 11.3 Å². The maximum absolute atomic E-state index is 12.7. The number of aromatic nitrogens is 2. The fourth-order valence-electron chi connectivity index (χ4n) is 3.08. The molecule has 0 fully saturated rings. The first kappa shape index (κ1) is 22.8. The smallest absolute Gasteiger partial charge is 0.267 e. The van der Waals surface area contributed by atoms with Gasteiger partial charge in [0.2, 0.25) is 0 Å². The number of carbonyl (C=O) groups excluding carboxylic acids is 2. The summed E-state index contributed by atoms with van der Waals surface area (Å²) < 4.78 is 0. The highest BCUT2D eigenvalue weighted by Crippen LogP contribution is 2.32. The molecule has 2 amide bonds. The summed E-state index contributed by atoms with van der Waals surface area (Å²) in [4.78, 5) is 33.4. The number of carbonyl (C=O) groups is 2. The van der Waals surface area contributed by atoms with Crippen LogP contribution in [0.3, 0.4) is 0 Å². The second-order valence-corrected chi connectivity index (χ2v) is 8.34. The van der Waals surface area contributed by atoms with Gasteiger partial charge in [-0.3, -0.25) is 19.8 Å². The van der Waals surface area contributed by atoms with Gasteiger partial charge in [-0.2, -0.15) is 0 Å². The molecule has 0 atom stereocenters. The van der Waals surface area contributed by atoms with Gasteiger partial charge in [-0.05, 0) is 54.5 Å². The van der Waals surface area contributed by atoms with Crippen molar-refractivity contribution in [2.45, 2.75) is 6.92 Å². The van der Waals surface area contributed by atoms with Crippen LogP contribution in [0.25, 0.3) is 16.5 Å². The maximum atomic E-state index is 12.7. The van der Waals surface area contributed by atoms with Crippen molar-refractivity contribution in [2.75, 3.05) is 10.6 Å². The molecule has 0 saturated carbocycles. The van der Waals surface area contributed by atoms with Gasteiger partial charge in [0, 0.05) is 47.2 Å². The summed E-state index contributed by atoms with van der Waals surface area (Å²) in [5, 5.41) is 15.5. The second kappa shape index (κ2) is 10.5. The number of rotatable bonds is 7. The fraction of sp³-hybridized carbons (Fsp3) is 0.0400. The first-order valence-electron chi connectivity index (χ1n) is 10.3. The molecule has 0 unspecified atom stereocenters. The van der Waals surface area contributed by atoms with Crippen LogP contribution in [0.2, 0.25) is 0 Å². The fourth-order valence-corrected chi connectivity index (χ4v) is 3.90. The van der Waals surface area contributed by atoms with Gasteiger partial charge in [-0.25, -0.2) is 10.5 Å². The van der Waals surface area contributed by atoms with E-state index in [1.807, 2.05) is 37.3 Å². The molecule has 0 aliphatic carbocycles. The first-order chi connectivity index (χ1) is 16.5. The second-order valence-electron chi connectivity index (χ2n) is 7.31. The van der Waals surface area contributed by atoms with Crippen LogP contribution in [0.1, 0.15) is 21.5 Å². The number of nitrogens with zero attached hydrogens (tertiary/aromatic N) is 2. The topological polar surface area (TPSA) is 116 Å². The molecule has 4 aromatic rings. The Morgan fingerprint density at radius 1 is 1.06 bits per heavy atom. The monoisotopic (exact) mass is 471 g/mol. The van der Waals surface area contributed by atoms with Gasteiger partial charge in [0.1, 0.15) is 0 Å². The van der Waals surface area contributed by atoms with Gasteiger partial charge in [0.05, 0.1) is 4.88 Å². The number of hydrogen-bond donors (Lipinski definition) is 4. The third-order valence-corrected chi connectivity index (χ3v) is 5.86. The van der Waals surface area contributed by atoms with Crippen LogP contribution < -0.4 is 16.1 Å². The van der Waals surface area contributed by atoms with E-state index in [1.165, 1.54) is 29.0 Å². The van der Waals surface area contributed by atoms with Crippen molar-refractivity contribution in [3.05, 3.63) is 96.0 Å². The Bertz CT molecular complexity index is 1330. The molecule has 0 aliphatic heterocycles. The lowest BCUT2D eigenvalue weighted by Gasteiger charge is -2.11. The summed E-state index contributed by atoms with van der Waals surface area (Å²) in [5.41, 5.74) is 6.22. The van der Waals surface area contributed by atoms with Gasteiger partial charge < -0.3 is 10.6 Å². The highest BCUT2D eigenvalue weighted by molar-refractivity contribution is 7.18. The van der Waals surface area contributed by atoms with E-state index in [9.17, 15) is 9.59 Å². The summed E-state index contributed by atoms with van der Waals surface area (Å²) in [6.45, 7) is 1.98. The number of amides is 2. The average molecular weight is 472 g/mol. The molecular weight excluding hydrogens is 450 g/mol. The molecular formula is C25H21N5O3S. The summed E-state index contributed by atoms with van der Waals surface area (Å²) in [5.74, 6) is -0.886. The normalized spacial score (nSPS) is 10.8. The molecule has 0 spiro atoms. The average Bonchev–Trinajstić information content (AvgIpc) is 3.34. The van der Waals surface area contributed by atoms with Crippen molar-refractivity contribution in [2.24, 2.45) is 0 Å². The quantitative estimate of drug-likeness (QED) is 0.171. The van der Waals surface area contributed by atoms with Crippen molar-refractivity contribution in [1.29, 1.82) is 0 Å². The molecule has 0 radical (unpaired) electrons. The third-order valence-electron chi connectivity index (χ3n) is 4.90. The molecule has 0 aliphatic rings. The van der Waals surface area contributed by atoms with E-state index in [-0.39, 0.29) is 5.91 Å². The number of thiazole rings is 1. The lowest BCUT2D eigenvalue weighted by molar-refractivity contribution is -0.124. The van der Waals surface area contributed by atoms with Crippen LogP contribution in [0, 0.1) is 6.92 Å². The summed E-state index contributed by atoms with van der Waals surface area (Å²) in [6, 6.07) is 16.2. The molecule has 0 bridgehead atoms. The van der Waals surface area contributed by atoms with E-state index in [1.54, 1.807) is 42.9 Å². The van der Waals surface area contributed by atoms with E-state index in [4.69, 9.17) is 5.21 Å². The zero-order valence-electron chi connectivity index (χ0n) is 18.1. The molecule has 4 N–H and O–H groups in total. The number of hydrogen-bond acceptors (Lipinski definition) is 7. The Morgan fingerprint density at radius 2 is 1.88 bits per heavy atom. The predicted octanol–water partition coefficient (Wildman–Crippen LogP) is 5.03. The Labute approximate surface area is 200 Å². The van der Waals surface area contributed by atoms with Crippen molar-refractivity contribution < 1.29 is 14.8 Å². The van der Waals surface area contributed by atoms with E-state index < -0.39 is 5.91 Å². The lowest BCUT2D eigenvalue weighted by Crippen LogP contribution is -2.14. The molecule has 4 rings (SSSR count). The number of pyridine rings is 1. The first-order valence-corrected chi connectivity index (χ1v) is 11.1. The highest BCUT2D eigenvalue weighted by atomic mass is 32.1. The SMILES string of the molecule is Cc1ccc(NC(=O)c2ccc(/C=C/C(=O)NO)cc2)cc1Nc1ncc(-c2cccnc2)s1. The Kier molecular flexibility index (Phi) is 7.07. The molecule has 34 heavy (non-hydrogen) atoms. The Balaban J connectivity index is 1.44. The molecule has 170 valence electrons. The predicted molar refractivity (Wildman–Crippen MR) is 133 cm³/mol. The van der Waals surface area contributed by atoms with Crippen molar-refractivity contribution >= 4 is 45.7 Å². The van der Waals surface area contributed by atoms with Gasteiger partial charge >= 0.3 is 0 Å². The zero-order chi connectivity index (χ0) is 23.9. The number of hydroxylamine groups is 1. The third kappa shape index (κ3) is 5.71. The van der Waals surface area contributed by atoms with Gasteiger partial charge in [0.25, 0.3) is 11.8 Å². The Hall–Kier alpha value is -4.34. The maximum Gasteiger partial charge on any atom is 0.267 e. The number of benzene rings is 2. The number of aryl methyl sites for hydroxylation is 1. The van der Waals surface area contributed by atoms with Crippen LogP contribution in [0.5, 0.6) is 0 Å². The van der Waals surface area contributed by atoms with Crippen molar-refractivity contribution in [3.8, 4) is 10.4 Å². The van der Waals surface area contributed by atoms with Crippen LogP contribution in [0.15, 0.2) is 79.3 Å². The molecule has 8 nitrogen and oxygen atoms in total. The highest BCUT2D eigenvalue weighted by Gasteiger charge is 2.10. The van der Waals surface area contributed by atoms with Crippen molar-refractivity contribution in [3.63, 3.8) is 0 Å². The molecule has 2 aromatic heterocycles. The minimum absolute atomic E-state index is 0.258. The molecule has 9 heteroatoms. The van der Waals surface area contributed by atoms with E-state index >= 15 is 0 Å². The Morgan fingerprint density at radius 3 is 2.62 bits per heavy atom. The van der Waals surface area contributed by atoms with E-state index in [0.717, 1.165) is 32.4 Å². The van der Waals surface area contributed by atoms with Gasteiger partial charge in [0.15, 0.2) is 5.13 Å². The molecule has 2 aromatic carbocycles. The molecule has 0 saturated heterocycles. The van der Waals surface area contributed by atoms with Gasteiger partial charge in [-0.15, -0.1) is 0 Å². The lowest BCUT2D eigenvalue weighted by atomic mass is 10.1. The minimum atomic E-state index is -0.628. The number of anilines is 3. The van der Waals surface area contributed by atoms with Crippen LogP contribution in [0.4, 0.5) is 16.5 Å². The summed E-state index contributed by atoms with van der Waals surface area (Å²) in [7, 11) is 0. The summed E-state index contributed by atoms with van der Waals surface area (Å²) in [6.07, 6.45) is 8.06. The largest absolute Gasteiger partial charge is 0.331 e.